The van der Waals surface area contributed by atoms with Crippen molar-refractivity contribution < 1.29 is 43.9 Å². The van der Waals surface area contributed by atoms with Crippen LogP contribution in [0.15, 0.2) is 48.2 Å². The van der Waals surface area contributed by atoms with Gasteiger partial charge in [0.1, 0.15) is 0 Å². The van der Waals surface area contributed by atoms with Gasteiger partial charge in [0.15, 0.2) is 0 Å². The van der Waals surface area contributed by atoms with Crippen molar-refractivity contribution in [1.82, 2.24) is 0 Å². The summed E-state index contributed by atoms with van der Waals surface area (Å²) in [4.78, 5) is 0. The van der Waals surface area contributed by atoms with Gasteiger partial charge in [-0.25, -0.2) is 12.1 Å². The molecule has 0 saturated carbocycles. The first kappa shape index (κ1) is 24.7. The van der Waals surface area contributed by atoms with Gasteiger partial charge in [0.2, 0.25) is 0 Å². The summed E-state index contributed by atoms with van der Waals surface area (Å²) in [5.41, 5.74) is 0.472. The van der Waals surface area contributed by atoms with Crippen LogP contribution < -0.4 is 0 Å². The van der Waals surface area contributed by atoms with Gasteiger partial charge < -0.3 is 0 Å². The first-order chi connectivity index (χ1) is 7.63. The second kappa shape index (κ2) is 24.0. The third kappa shape index (κ3) is 40.1. The van der Waals surface area contributed by atoms with E-state index in [0.29, 0.717) is 5.73 Å². The molecule has 0 N–H and O–H groups in total. The number of hydrogen-bond acceptors (Lipinski definition) is 0. The van der Waals surface area contributed by atoms with E-state index in [9.17, 15) is 17.6 Å². The Hall–Kier alpha value is -1.41. The van der Waals surface area contributed by atoms with E-state index in [1.54, 1.807) is 0 Å². The minimum atomic E-state index is -2.50. The van der Waals surface area contributed by atoms with Crippen LogP contribution >= 0.6 is 0 Å². The summed E-state index contributed by atoms with van der Waals surface area (Å²) in [6, 6.07) is 10.0. The van der Waals surface area contributed by atoms with E-state index in [1.165, 1.54) is 0 Å². The topological polar surface area (TPSA) is 39.8 Å². The first-order valence-corrected chi connectivity index (χ1v) is 3.33. The second-order valence-electron chi connectivity index (χ2n) is 1.61. The first-order valence-electron chi connectivity index (χ1n) is 3.33. The summed E-state index contributed by atoms with van der Waals surface area (Å²) in [6.45, 7) is 9.00. The molecule has 2 nitrogen and oxygen atoms in total. The van der Waals surface area contributed by atoms with Gasteiger partial charge >= 0.3 is 34.8 Å². The molecule has 0 amide bonds. The average Bonchev–Trinajstić information content (AvgIpc) is 2.80. The van der Waals surface area contributed by atoms with Crippen molar-refractivity contribution in [1.29, 1.82) is 0 Å². The van der Waals surface area contributed by atoms with Gasteiger partial charge in [-0.1, -0.05) is 0 Å². The van der Waals surface area contributed by atoms with E-state index < -0.39 is 12.2 Å². The van der Waals surface area contributed by atoms with Crippen molar-refractivity contribution in [2.24, 2.45) is 0 Å². The fourth-order valence-corrected chi connectivity index (χ4v) is 0.392. The van der Waals surface area contributed by atoms with Crippen LogP contribution in [0.25, 0.3) is 0 Å². The van der Waals surface area contributed by atoms with E-state index in [1.807, 2.05) is 30.3 Å². The molecule has 1 radical (unpaired) electrons. The average molecular weight is 288 g/mol. The molecule has 17 heavy (non-hydrogen) atoms. The Morgan fingerprint density at radius 1 is 0.882 bits per heavy atom. The van der Waals surface area contributed by atoms with E-state index >= 15 is 0 Å². The Bertz CT molecular complexity index is 294. The zero-order chi connectivity index (χ0) is 13.4. The Kier molecular flexibility index (Phi) is 34.9. The van der Waals surface area contributed by atoms with Gasteiger partial charge in [0, 0.05) is 22.8 Å². The Morgan fingerprint density at radius 2 is 1.18 bits per heavy atom. The predicted molar refractivity (Wildman–Crippen MR) is 44.9 cm³/mol. The molecular formula is C10H5F4MnO2-. The molecule has 1 aromatic rings. The summed E-state index contributed by atoms with van der Waals surface area (Å²) in [6.07, 6.45) is -5.00. The number of halogens is 4. The second-order valence-corrected chi connectivity index (χ2v) is 1.61. The fraction of sp³-hybridized carbons (Fsp3) is 0. The quantitative estimate of drug-likeness (QED) is 0.230. The molecular weight excluding hydrogens is 283 g/mol. The molecule has 0 bridgehead atoms. The fourth-order valence-electron chi connectivity index (χ4n) is 0.392. The van der Waals surface area contributed by atoms with Crippen LogP contribution in [-0.4, -0.2) is 0 Å². The van der Waals surface area contributed by atoms with Crippen LogP contribution in [0.5, 0.6) is 0 Å². The van der Waals surface area contributed by atoms with Crippen LogP contribution in [0.1, 0.15) is 0 Å². The van der Waals surface area contributed by atoms with Gasteiger partial charge in [0.25, 0.3) is 0 Å². The summed E-state index contributed by atoms with van der Waals surface area (Å²) in [7, 11) is 0. The van der Waals surface area contributed by atoms with Crippen molar-refractivity contribution in [2.45, 2.75) is 0 Å². The maximum absolute atomic E-state index is 10.6. The zero-order valence-electron chi connectivity index (χ0n) is 8.09. The Labute approximate surface area is 106 Å². The van der Waals surface area contributed by atoms with Crippen LogP contribution in [-0.2, 0) is 26.4 Å². The van der Waals surface area contributed by atoms with Crippen molar-refractivity contribution in [3.63, 3.8) is 0 Å². The monoisotopic (exact) mass is 288 g/mol. The predicted octanol–water partition coefficient (Wildman–Crippen LogP) is 3.47. The molecule has 0 heterocycles. The van der Waals surface area contributed by atoms with E-state index in [-0.39, 0.29) is 17.1 Å². The number of rotatable bonds is 0. The molecule has 0 fully saturated rings. The number of hydrogen-bond donors (Lipinski definition) is 0. The molecule has 0 saturated heterocycles. The van der Waals surface area contributed by atoms with Gasteiger partial charge in [0.05, 0.1) is 0 Å². The largest absolute Gasteiger partial charge is 0.214 e. The van der Waals surface area contributed by atoms with Gasteiger partial charge in [-0.2, -0.15) is 35.8 Å². The van der Waals surface area contributed by atoms with Crippen molar-refractivity contribution in [2.75, 3.05) is 0 Å². The van der Waals surface area contributed by atoms with Gasteiger partial charge in [-0.15, -0.1) is 0 Å². The van der Waals surface area contributed by atoms with Gasteiger partial charge in [-0.3, -0.25) is 0 Å². The Balaban J connectivity index is -0.0000000747. The van der Waals surface area contributed by atoms with Crippen LogP contribution in [0.3, 0.4) is 0 Å². The smallest absolute Gasteiger partial charge is 0 e. The SMILES string of the molecule is FC(F)=C=C(F)F.[C-]#[O+].[C-]#[O+].[Mn].c1cc[cH-]c1. The Morgan fingerprint density at radius 3 is 1.24 bits per heavy atom. The minimum absolute atomic E-state index is 0. The van der Waals surface area contributed by atoms with Crippen LogP contribution in [0.4, 0.5) is 17.6 Å². The van der Waals surface area contributed by atoms with Crippen molar-refractivity contribution in [3.8, 4) is 0 Å². The minimum Gasteiger partial charge on any atom is -0.214 e. The third-order valence-corrected chi connectivity index (χ3v) is 0.745. The van der Waals surface area contributed by atoms with E-state index in [0.717, 1.165) is 0 Å². The molecule has 0 aromatic heterocycles. The molecule has 0 spiro atoms. The third-order valence-electron chi connectivity index (χ3n) is 0.745. The maximum Gasteiger partial charge on any atom is 0 e. The van der Waals surface area contributed by atoms with Crippen LogP contribution in [0, 0.1) is 13.3 Å². The summed E-state index contributed by atoms with van der Waals surface area (Å²) in [5, 5.41) is 0. The van der Waals surface area contributed by atoms with Crippen molar-refractivity contribution >= 4 is 0 Å². The zero-order valence-corrected chi connectivity index (χ0v) is 9.27. The summed E-state index contributed by atoms with van der Waals surface area (Å²) >= 11 is 0. The molecule has 0 aliphatic heterocycles. The van der Waals surface area contributed by atoms with E-state index in [2.05, 4.69) is 13.3 Å². The molecule has 1 rings (SSSR count). The van der Waals surface area contributed by atoms with Gasteiger partial charge in [-0.05, 0) is 0 Å². The maximum atomic E-state index is 10.6. The molecule has 1 aromatic carbocycles. The molecule has 93 valence electrons. The molecule has 0 unspecified atom stereocenters. The molecule has 0 aliphatic carbocycles. The normalized spacial score (nSPS) is 5.65. The van der Waals surface area contributed by atoms with E-state index in [4.69, 9.17) is 9.30 Å². The standard InChI is InChI=1S/C5H5.C3F4.2CO.Mn/c1-2-4-5-3-1;4-2(5)1-3(6)7;2*1-2;/h1-5H;;;;/q-1;;;;. The summed E-state index contributed by atoms with van der Waals surface area (Å²) < 4.78 is 57.4. The van der Waals surface area contributed by atoms with Crippen LogP contribution in [0.2, 0.25) is 0 Å². The summed E-state index contributed by atoms with van der Waals surface area (Å²) in [5.74, 6) is 0. The van der Waals surface area contributed by atoms with Crippen molar-refractivity contribution in [3.05, 3.63) is 61.5 Å². The molecule has 0 aliphatic rings. The molecule has 0 atom stereocenters. The molecule has 7 heteroatoms.